The topological polar surface area (TPSA) is 78.5 Å². The van der Waals surface area contributed by atoms with Gasteiger partial charge in [0.25, 0.3) is 0 Å². The van der Waals surface area contributed by atoms with Crippen LogP contribution in [0.5, 0.6) is 0 Å². The summed E-state index contributed by atoms with van der Waals surface area (Å²) in [6, 6.07) is 6.30. The summed E-state index contributed by atoms with van der Waals surface area (Å²) in [7, 11) is 1.76. The molecule has 3 aliphatic rings. The number of benzene rings is 1. The summed E-state index contributed by atoms with van der Waals surface area (Å²) in [5.41, 5.74) is 3.73. The van der Waals surface area contributed by atoms with Crippen LogP contribution in [-0.2, 0) is 27.4 Å². The molecular formula is C24H28N4O3. The van der Waals surface area contributed by atoms with Crippen molar-refractivity contribution in [2.75, 3.05) is 13.6 Å². The number of hydrogen-bond acceptors (Lipinski definition) is 4. The normalized spacial score (nSPS) is 28.5. The summed E-state index contributed by atoms with van der Waals surface area (Å²) in [4.78, 5) is 37.8. The Labute approximate surface area is 182 Å². The van der Waals surface area contributed by atoms with E-state index in [0.717, 1.165) is 22.6 Å². The minimum Gasteiger partial charge on any atom is -0.360 e. The van der Waals surface area contributed by atoms with Crippen molar-refractivity contribution in [3.05, 3.63) is 64.8 Å². The van der Waals surface area contributed by atoms with Gasteiger partial charge >= 0.3 is 0 Å². The number of carbonyl (C=O) groups is 2. The van der Waals surface area contributed by atoms with Crippen LogP contribution in [0.25, 0.3) is 0 Å². The molecule has 2 fully saturated rings. The lowest BCUT2D eigenvalue weighted by atomic mass is 9.76. The van der Waals surface area contributed by atoms with E-state index >= 15 is 0 Å². The van der Waals surface area contributed by atoms with Crippen LogP contribution in [0.2, 0.25) is 0 Å². The summed E-state index contributed by atoms with van der Waals surface area (Å²) in [6.07, 6.45) is 5.37. The van der Waals surface area contributed by atoms with Crippen molar-refractivity contribution in [2.45, 2.75) is 45.6 Å². The number of hydrogen-bond donors (Lipinski definition) is 1. The number of H-pyrrole nitrogens is 1. The fourth-order valence-corrected chi connectivity index (χ4v) is 5.27. The quantitative estimate of drug-likeness (QED) is 0.753. The molecule has 31 heavy (non-hydrogen) atoms. The zero-order valence-electron chi connectivity index (χ0n) is 18.4. The lowest BCUT2D eigenvalue weighted by molar-refractivity contribution is -0.143. The Morgan fingerprint density at radius 1 is 1.35 bits per heavy atom. The van der Waals surface area contributed by atoms with Crippen molar-refractivity contribution in [3.8, 4) is 0 Å². The highest BCUT2D eigenvalue weighted by Crippen LogP contribution is 2.52. The molecule has 162 valence electrons. The first-order valence-electron chi connectivity index (χ1n) is 10.7. The molecule has 7 nitrogen and oxygen atoms in total. The lowest BCUT2D eigenvalue weighted by Crippen LogP contribution is -2.44. The Kier molecular flexibility index (Phi) is 4.55. The molecule has 1 aromatic heterocycles. The highest BCUT2D eigenvalue weighted by molar-refractivity contribution is 5.93. The Bertz CT molecular complexity index is 1090. The van der Waals surface area contributed by atoms with Gasteiger partial charge in [-0.15, -0.1) is 0 Å². The predicted molar refractivity (Wildman–Crippen MR) is 115 cm³/mol. The number of ether oxygens (including phenoxy) is 1. The average Bonchev–Trinajstić information content (AvgIpc) is 3.46. The summed E-state index contributed by atoms with van der Waals surface area (Å²) >= 11 is 0. The average molecular weight is 421 g/mol. The van der Waals surface area contributed by atoms with E-state index in [1.54, 1.807) is 18.1 Å². The van der Waals surface area contributed by atoms with Crippen molar-refractivity contribution in [2.24, 2.45) is 11.8 Å². The predicted octanol–water partition coefficient (Wildman–Crippen LogP) is 2.28. The summed E-state index contributed by atoms with van der Waals surface area (Å²) in [6.45, 7) is 7.45. The van der Waals surface area contributed by atoms with Gasteiger partial charge in [0, 0.05) is 25.5 Å². The fourth-order valence-electron chi connectivity index (χ4n) is 5.27. The van der Waals surface area contributed by atoms with E-state index in [9.17, 15) is 9.59 Å². The lowest BCUT2D eigenvalue weighted by Gasteiger charge is -2.27. The zero-order valence-corrected chi connectivity index (χ0v) is 18.4. The number of imidazole rings is 1. The Morgan fingerprint density at radius 2 is 2.16 bits per heavy atom. The van der Waals surface area contributed by atoms with Crippen LogP contribution in [0.1, 0.15) is 28.2 Å². The molecule has 4 atom stereocenters. The van der Waals surface area contributed by atoms with Gasteiger partial charge in [-0.05, 0) is 31.9 Å². The van der Waals surface area contributed by atoms with Crippen molar-refractivity contribution >= 4 is 11.8 Å². The highest BCUT2D eigenvalue weighted by atomic mass is 16.5. The smallest absolute Gasteiger partial charge is 0.230 e. The van der Waals surface area contributed by atoms with E-state index < -0.39 is 17.4 Å². The molecule has 7 heteroatoms. The third-order valence-electron chi connectivity index (χ3n) is 6.85. The largest absolute Gasteiger partial charge is 0.360 e. The monoisotopic (exact) mass is 420 g/mol. The van der Waals surface area contributed by atoms with E-state index in [0.29, 0.717) is 19.6 Å². The van der Waals surface area contributed by atoms with Crippen LogP contribution in [0.3, 0.4) is 0 Å². The van der Waals surface area contributed by atoms with Crippen molar-refractivity contribution in [1.29, 1.82) is 0 Å². The Hall–Kier alpha value is -2.93. The Morgan fingerprint density at radius 3 is 2.90 bits per heavy atom. The van der Waals surface area contributed by atoms with E-state index in [-0.39, 0.29) is 17.9 Å². The van der Waals surface area contributed by atoms with E-state index in [1.807, 2.05) is 24.0 Å². The molecule has 4 heterocycles. The second-order valence-electron chi connectivity index (χ2n) is 9.23. The number of carbonyl (C=O) groups excluding carboxylic acids is 2. The standard InChI is InChI=1S/C24H28N4O3/c1-14-5-6-15(2)17(9-14)11-28-13-24-8-7-18(31-24)20(21(24)23(28)30)22(29)27(4)12-19-25-10-16(3)26-19/h5-10,18,20-21H,11-13H2,1-4H3,(H,25,26)/t18-,20-,21-,24-/m0/s1. The molecule has 0 aliphatic carbocycles. The number of nitrogens with zero attached hydrogens (tertiary/aromatic N) is 3. The van der Waals surface area contributed by atoms with Crippen LogP contribution in [0.4, 0.5) is 0 Å². The van der Waals surface area contributed by atoms with Crippen molar-refractivity contribution in [3.63, 3.8) is 0 Å². The number of fused-ring (bicyclic) bond motifs is 1. The maximum absolute atomic E-state index is 13.5. The van der Waals surface area contributed by atoms with Gasteiger partial charge in [-0.2, -0.15) is 0 Å². The van der Waals surface area contributed by atoms with Gasteiger partial charge in [-0.1, -0.05) is 35.9 Å². The number of aromatic nitrogens is 2. The molecule has 1 spiro atoms. The first kappa shape index (κ1) is 20.0. The molecule has 2 amide bonds. The maximum Gasteiger partial charge on any atom is 0.230 e. The SMILES string of the molecule is Cc1ccc(C)c(CN2C[C@]34C=C[C@H](O3)[C@H](C(=O)N(C)Cc3ncc(C)[nH]3)[C@H]4C2=O)c1. The van der Waals surface area contributed by atoms with Crippen LogP contribution in [-0.4, -0.2) is 56.9 Å². The van der Waals surface area contributed by atoms with E-state index in [4.69, 9.17) is 4.74 Å². The van der Waals surface area contributed by atoms with Gasteiger partial charge in [0.05, 0.1) is 31.0 Å². The van der Waals surface area contributed by atoms with Crippen molar-refractivity contribution in [1.82, 2.24) is 19.8 Å². The number of likely N-dealkylation sites (tertiary alicyclic amines) is 1. The summed E-state index contributed by atoms with van der Waals surface area (Å²) in [5.74, 6) is -0.300. The Balaban J connectivity index is 1.37. The number of rotatable bonds is 5. The van der Waals surface area contributed by atoms with Crippen LogP contribution in [0.15, 0.2) is 36.5 Å². The molecule has 5 rings (SSSR count). The molecule has 2 bridgehead atoms. The number of amides is 2. The van der Waals surface area contributed by atoms with E-state index in [2.05, 4.69) is 42.0 Å². The number of aromatic amines is 1. The van der Waals surface area contributed by atoms with Gasteiger partial charge < -0.3 is 19.5 Å². The molecule has 0 unspecified atom stereocenters. The van der Waals surface area contributed by atoms with Gasteiger partial charge in [-0.25, -0.2) is 4.98 Å². The van der Waals surface area contributed by atoms with Crippen LogP contribution >= 0.6 is 0 Å². The molecule has 2 aromatic rings. The van der Waals surface area contributed by atoms with Crippen LogP contribution < -0.4 is 0 Å². The number of aryl methyl sites for hydroxylation is 3. The molecule has 0 radical (unpaired) electrons. The van der Waals surface area contributed by atoms with Gasteiger partial charge in [0.2, 0.25) is 11.8 Å². The maximum atomic E-state index is 13.5. The molecule has 0 saturated carbocycles. The van der Waals surface area contributed by atoms with Gasteiger partial charge in [0.1, 0.15) is 11.4 Å². The molecule has 1 N–H and O–H groups in total. The summed E-state index contributed by atoms with van der Waals surface area (Å²) in [5, 5.41) is 0. The van der Waals surface area contributed by atoms with Gasteiger partial charge in [0.15, 0.2) is 0 Å². The number of nitrogens with one attached hydrogen (secondary N) is 1. The third-order valence-corrected chi connectivity index (χ3v) is 6.85. The van der Waals surface area contributed by atoms with Crippen LogP contribution in [0, 0.1) is 32.6 Å². The highest BCUT2D eigenvalue weighted by Gasteiger charge is 2.67. The first-order chi connectivity index (χ1) is 14.8. The molecule has 2 saturated heterocycles. The minimum absolute atomic E-state index is 0.00773. The molecule has 3 aliphatic heterocycles. The van der Waals surface area contributed by atoms with Gasteiger partial charge in [-0.3, -0.25) is 9.59 Å². The third kappa shape index (κ3) is 3.19. The second-order valence-corrected chi connectivity index (χ2v) is 9.23. The first-order valence-corrected chi connectivity index (χ1v) is 10.7. The summed E-state index contributed by atoms with van der Waals surface area (Å²) < 4.78 is 6.27. The zero-order chi connectivity index (χ0) is 21.9. The van der Waals surface area contributed by atoms with Crippen molar-refractivity contribution < 1.29 is 14.3 Å². The molecule has 1 aromatic carbocycles. The minimum atomic E-state index is -0.693. The van der Waals surface area contributed by atoms with E-state index in [1.165, 1.54) is 5.56 Å². The molecular weight excluding hydrogens is 392 g/mol. The second kappa shape index (κ2) is 7.05. The fraction of sp³-hybridized carbons (Fsp3) is 0.458.